The van der Waals surface area contributed by atoms with E-state index in [0.717, 1.165) is 18.5 Å². The van der Waals surface area contributed by atoms with Crippen LogP contribution < -0.4 is 5.32 Å². The quantitative estimate of drug-likeness (QED) is 0.459. The first-order valence-electron chi connectivity index (χ1n) is 5.90. The summed E-state index contributed by atoms with van der Waals surface area (Å²) in [4.78, 5) is 19.9. The van der Waals surface area contributed by atoms with E-state index in [4.69, 9.17) is 4.74 Å². The smallest absolute Gasteiger partial charge is 0.323 e. The summed E-state index contributed by atoms with van der Waals surface area (Å²) in [5.41, 5.74) is 1.02. The van der Waals surface area contributed by atoms with Crippen molar-refractivity contribution >= 4 is 17.7 Å². The summed E-state index contributed by atoms with van der Waals surface area (Å²) in [6, 6.07) is -0.315. The molecule has 0 aliphatic carbocycles. The first-order chi connectivity index (χ1) is 8.67. The van der Waals surface area contributed by atoms with Gasteiger partial charge in [0.25, 0.3) is 0 Å². The van der Waals surface area contributed by atoms with Crippen LogP contribution in [0.25, 0.3) is 0 Å². The average Bonchev–Trinajstić information content (AvgIpc) is 2.40. The molecule has 100 valence electrons. The predicted octanol–water partition coefficient (Wildman–Crippen LogP) is 1.42. The lowest BCUT2D eigenvalue weighted by Gasteiger charge is -2.14. The van der Waals surface area contributed by atoms with Crippen molar-refractivity contribution in [2.45, 2.75) is 31.5 Å². The Morgan fingerprint density at radius 1 is 1.50 bits per heavy atom. The monoisotopic (exact) mass is 269 g/mol. The minimum Gasteiger partial charge on any atom is -0.468 e. The summed E-state index contributed by atoms with van der Waals surface area (Å²) >= 11 is 1.45. The highest BCUT2D eigenvalue weighted by molar-refractivity contribution is 7.99. The summed E-state index contributed by atoms with van der Waals surface area (Å²) in [6.45, 7) is 4.78. The number of thioether (sulfide) groups is 1. The maximum atomic E-state index is 11.6. The molecule has 1 heterocycles. The molecule has 1 atom stereocenters. The molecule has 0 fully saturated rings. The van der Waals surface area contributed by atoms with E-state index >= 15 is 0 Å². The topological polar surface area (TPSA) is 64.1 Å². The number of aryl methyl sites for hydroxylation is 1. The zero-order valence-corrected chi connectivity index (χ0v) is 11.8. The number of esters is 1. The third-order valence-electron chi connectivity index (χ3n) is 2.26. The van der Waals surface area contributed by atoms with Gasteiger partial charge in [0.15, 0.2) is 5.16 Å². The van der Waals surface area contributed by atoms with Crippen LogP contribution in [0.2, 0.25) is 0 Å². The van der Waals surface area contributed by atoms with Gasteiger partial charge in [-0.1, -0.05) is 18.7 Å². The first kappa shape index (κ1) is 14.9. The van der Waals surface area contributed by atoms with Gasteiger partial charge in [-0.25, -0.2) is 9.97 Å². The van der Waals surface area contributed by atoms with Crippen molar-refractivity contribution in [3.63, 3.8) is 0 Å². The number of carbonyl (C=O) groups is 1. The molecule has 0 radical (unpaired) electrons. The predicted molar refractivity (Wildman–Crippen MR) is 71.6 cm³/mol. The van der Waals surface area contributed by atoms with Gasteiger partial charge in [0, 0.05) is 18.1 Å². The van der Waals surface area contributed by atoms with E-state index in [0.29, 0.717) is 10.9 Å². The van der Waals surface area contributed by atoms with E-state index < -0.39 is 0 Å². The van der Waals surface area contributed by atoms with E-state index in [-0.39, 0.29) is 12.0 Å². The van der Waals surface area contributed by atoms with Gasteiger partial charge in [-0.2, -0.15) is 0 Å². The molecular formula is C12H19N3O2S. The molecule has 5 nitrogen and oxygen atoms in total. The summed E-state index contributed by atoms with van der Waals surface area (Å²) in [6.07, 6.45) is 4.50. The zero-order chi connectivity index (χ0) is 13.4. The summed E-state index contributed by atoms with van der Waals surface area (Å²) in [7, 11) is 1.40. The lowest BCUT2D eigenvalue weighted by molar-refractivity contribution is -0.142. The average molecular weight is 269 g/mol. The number of carbonyl (C=O) groups excluding carboxylic acids is 1. The van der Waals surface area contributed by atoms with Crippen LogP contribution in [-0.4, -0.2) is 41.4 Å². The molecule has 0 spiro atoms. The van der Waals surface area contributed by atoms with E-state index in [9.17, 15) is 4.79 Å². The van der Waals surface area contributed by atoms with Crippen molar-refractivity contribution in [3.8, 4) is 0 Å². The number of ether oxygens (including phenoxy) is 1. The SMILES string of the molecule is CCCNC(CSc1ncc(C)cn1)C(=O)OC. The van der Waals surface area contributed by atoms with Gasteiger partial charge < -0.3 is 10.1 Å². The maximum Gasteiger partial charge on any atom is 0.323 e. The van der Waals surface area contributed by atoms with Crippen LogP contribution in [0.15, 0.2) is 17.6 Å². The van der Waals surface area contributed by atoms with Crippen molar-refractivity contribution in [3.05, 3.63) is 18.0 Å². The minimum atomic E-state index is -0.315. The van der Waals surface area contributed by atoms with Crippen LogP contribution in [0.4, 0.5) is 0 Å². The summed E-state index contributed by atoms with van der Waals surface area (Å²) < 4.78 is 4.76. The van der Waals surface area contributed by atoms with E-state index in [1.807, 2.05) is 6.92 Å². The van der Waals surface area contributed by atoms with Crippen molar-refractivity contribution in [2.24, 2.45) is 0 Å². The second-order valence-electron chi connectivity index (χ2n) is 3.88. The molecule has 0 aliphatic rings. The molecule has 6 heteroatoms. The number of hydrogen-bond donors (Lipinski definition) is 1. The van der Waals surface area contributed by atoms with Gasteiger partial charge in [-0.05, 0) is 25.5 Å². The van der Waals surface area contributed by atoms with Crippen LogP contribution in [0, 0.1) is 6.92 Å². The number of methoxy groups -OCH3 is 1. The fourth-order valence-electron chi connectivity index (χ4n) is 1.28. The van der Waals surface area contributed by atoms with Gasteiger partial charge >= 0.3 is 5.97 Å². The molecular weight excluding hydrogens is 250 g/mol. The summed E-state index contributed by atoms with van der Waals surface area (Å²) in [5, 5.41) is 3.82. The van der Waals surface area contributed by atoms with Crippen LogP contribution in [0.1, 0.15) is 18.9 Å². The molecule has 1 unspecified atom stereocenters. The van der Waals surface area contributed by atoms with Crippen LogP contribution in [0.5, 0.6) is 0 Å². The fourth-order valence-corrected chi connectivity index (χ4v) is 2.11. The van der Waals surface area contributed by atoms with E-state index in [1.54, 1.807) is 12.4 Å². The highest BCUT2D eigenvalue weighted by Gasteiger charge is 2.18. The highest BCUT2D eigenvalue weighted by Crippen LogP contribution is 2.13. The second kappa shape index (κ2) is 8.05. The minimum absolute atomic E-state index is 0.247. The molecule has 0 saturated carbocycles. The Morgan fingerprint density at radius 2 is 2.17 bits per heavy atom. The van der Waals surface area contributed by atoms with Crippen molar-refractivity contribution in [1.82, 2.24) is 15.3 Å². The zero-order valence-electron chi connectivity index (χ0n) is 11.0. The largest absolute Gasteiger partial charge is 0.468 e. The molecule has 18 heavy (non-hydrogen) atoms. The van der Waals surface area contributed by atoms with E-state index in [1.165, 1.54) is 18.9 Å². The van der Waals surface area contributed by atoms with E-state index in [2.05, 4.69) is 22.2 Å². The standard InChI is InChI=1S/C12H19N3O2S/c1-4-5-13-10(11(16)17-3)8-18-12-14-6-9(2)7-15-12/h6-7,10,13H,4-5,8H2,1-3H3. The molecule has 0 bridgehead atoms. The Bertz CT molecular complexity index is 370. The van der Waals surface area contributed by atoms with Gasteiger partial charge in [0.1, 0.15) is 6.04 Å². The second-order valence-corrected chi connectivity index (χ2v) is 4.87. The fraction of sp³-hybridized carbons (Fsp3) is 0.583. The van der Waals surface area contributed by atoms with Crippen molar-refractivity contribution in [1.29, 1.82) is 0 Å². The molecule has 0 aromatic carbocycles. The lowest BCUT2D eigenvalue weighted by atomic mass is 10.3. The Hall–Kier alpha value is -1.14. The van der Waals surface area contributed by atoms with Crippen molar-refractivity contribution < 1.29 is 9.53 Å². The normalized spacial score (nSPS) is 12.2. The Morgan fingerprint density at radius 3 is 2.72 bits per heavy atom. The first-order valence-corrected chi connectivity index (χ1v) is 6.88. The van der Waals surface area contributed by atoms with Gasteiger partial charge in [-0.15, -0.1) is 0 Å². The van der Waals surface area contributed by atoms with Gasteiger partial charge in [-0.3, -0.25) is 4.79 Å². The van der Waals surface area contributed by atoms with Crippen LogP contribution >= 0.6 is 11.8 Å². The number of hydrogen-bond acceptors (Lipinski definition) is 6. The molecule has 1 rings (SSSR count). The molecule has 0 saturated heterocycles. The highest BCUT2D eigenvalue weighted by atomic mass is 32.2. The molecule has 1 N–H and O–H groups in total. The third-order valence-corrected chi connectivity index (χ3v) is 3.23. The molecule has 1 aromatic rings. The Kier molecular flexibility index (Phi) is 6.67. The molecule has 1 aromatic heterocycles. The summed E-state index contributed by atoms with van der Waals surface area (Å²) in [5.74, 6) is 0.318. The van der Waals surface area contributed by atoms with Gasteiger partial charge in [0.05, 0.1) is 7.11 Å². The number of aromatic nitrogens is 2. The van der Waals surface area contributed by atoms with Crippen LogP contribution in [0.3, 0.4) is 0 Å². The lowest BCUT2D eigenvalue weighted by Crippen LogP contribution is -2.40. The van der Waals surface area contributed by atoms with Gasteiger partial charge in [0.2, 0.25) is 0 Å². The number of rotatable bonds is 7. The molecule has 0 amide bonds. The Labute approximate surface area is 112 Å². The number of nitrogens with zero attached hydrogens (tertiary/aromatic N) is 2. The molecule has 0 aliphatic heterocycles. The Balaban J connectivity index is 2.50. The van der Waals surface area contributed by atoms with Crippen molar-refractivity contribution in [2.75, 3.05) is 19.4 Å². The van der Waals surface area contributed by atoms with Crippen LogP contribution in [-0.2, 0) is 9.53 Å². The third kappa shape index (κ3) is 5.01. The maximum absolute atomic E-state index is 11.6. The number of nitrogens with one attached hydrogen (secondary N) is 1.